The normalized spacial score (nSPS) is 17.1. The molecular weight excluding hydrogens is 244 g/mol. The third-order valence-electron chi connectivity index (χ3n) is 4.43. The van der Waals surface area contributed by atoms with Gasteiger partial charge in [-0.2, -0.15) is 0 Å². The van der Waals surface area contributed by atoms with E-state index in [4.69, 9.17) is 0 Å². The average molecular weight is 274 g/mol. The van der Waals surface area contributed by atoms with Crippen LogP contribution in [0.1, 0.15) is 43.4 Å². The van der Waals surface area contributed by atoms with Crippen molar-refractivity contribution >= 4 is 0 Å². The summed E-state index contributed by atoms with van der Waals surface area (Å²) in [4.78, 5) is 2.72. The van der Waals surface area contributed by atoms with Gasteiger partial charge < -0.3 is 5.32 Å². The van der Waals surface area contributed by atoms with Crippen LogP contribution >= 0.6 is 0 Å². The van der Waals surface area contributed by atoms with Crippen molar-refractivity contribution < 1.29 is 0 Å². The molecule has 1 saturated heterocycles. The summed E-state index contributed by atoms with van der Waals surface area (Å²) in [5.74, 6) is 0.731. The van der Waals surface area contributed by atoms with Crippen LogP contribution < -0.4 is 5.32 Å². The number of hydrogen-bond acceptors (Lipinski definition) is 2. The fraction of sp³-hybridized carbons (Fsp3) is 0.667. The lowest BCUT2D eigenvalue weighted by molar-refractivity contribution is 0.137. The Bertz CT molecular complexity index is 399. The number of hydrogen-bond donors (Lipinski definition) is 1. The van der Waals surface area contributed by atoms with Gasteiger partial charge in [0.15, 0.2) is 0 Å². The predicted molar refractivity (Wildman–Crippen MR) is 87.1 cm³/mol. The molecule has 2 rings (SSSR count). The molecule has 112 valence electrons. The first-order chi connectivity index (χ1) is 9.58. The number of benzene rings is 1. The lowest BCUT2D eigenvalue weighted by Crippen LogP contribution is -2.44. The first kappa shape index (κ1) is 15.5. The van der Waals surface area contributed by atoms with Gasteiger partial charge in [-0.25, -0.2) is 0 Å². The van der Waals surface area contributed by atoms with Crippen molar-refractivity contribution in [3.63, 3.8) is 0 Å². The number of nitrogens with one attached hydrogen (secondary N) is 1. The number of nitrogens with zero attached hydrogens (tertiary/aromatic N) is 1. The molecule has 2 heteroatoms. The Balaban J connectivity index is 2.14. The van der Waals surface area contributed by atoms with Crippen LogP contribution in [0.25, 0.3) is 0 Å². The molecule has 0 saturated carbocycles. The van der Waals surface area contributed by atoms with Crippen LogP contribution in [0, 0.1) is 19.8 Å². The Labute approximate surface area is 124 Å². The second kappa shape index (κ2) is 7.24. The number of piperidine rings is 1. The van der Waals surface area contributed by atoms with E-state index in [1.807, 2.05) is 0 Å². The molecule has 20 heavy (non-hydrogen) atoms. The van der Waals surface area contributed by atoms with Crippen LogP contribution in [-0.2, 0) is 6.54 Å². The molecule has 0 atom stereocenters. The van der Waals surface area contributed by atoms with E-state index in [0.29, 0.717) is 0 Å². The van der Waals surface area contributed by atoms with E-state index in [9.17, 15) is 0 Å². The largest absolute Gasteiger partial charge is 0.317 e. The highest BCUT2D eigenvalue weighted by Crippen LogP contribution is 2.21. The van der Waals surface area contributed by atoms with Crippen LogP contribution in [0.15, 0.2) is 18.2 Å². The quantitative estimate of drug-likeness (QED) is 0.884. The zero-order valence-corrected chi connectivity index (χ0v) is 13.6. The van der Waals surface area contributed by atoms with Gasteiger partial charge >= 0.3 is 0 Å². The summed E-state index contributed by atoms with van der Waals surface area (Å²) in [7, 11) is 0. The molecule has 2 nitrogen and oxygen atoms in total. The van der Waals surface area contributed by atoms with Gasteiger partial charge in [-0.3, -0.25) is 4.90 Å². The lowest BCUT2D eigenvalue weighted by Gasteiger charge is -2.36. The third kappa shape index (κ3) is 4.07. The van der Waals surface area contributed by atoms with Crippen molar-refractivity contribution in [2.75, 3.05) is 19.6 Å². The van der Waals surface area contributed by atoms with Crippen LogP contribution in [0.3, 0.4) is 0 Å². The van der Waals surface area contributed by atoms with Crippen molar-refractivity contribution in [3.05, 3.63) is 34.9 Å². The number of aryl methyl sites for hydroxylation is 2. The molecule has 1 aliphatic heterocycles. The molecule has 0 amide bonds. The second-order valence-electron chi connectivity index (χ2n) is 6.67. The summed E-state index contributed by atoms with van der Waals surface area (Å²) in [6, 6.07) is 7.42. The summed E-state index contributed by atoms with van der Waals surface area (Å²) in [6.07, 6.45) is 2.58. The predicted octanol–water partition coefficient (Wildman–Crippen LogP) is 3.51. The summed E-state index contributed by atoms with van der Waals surface area (Å²) < 4.78 is 0. The molecule has 0 unspecified atom stereocenters. The van der Waals surface area contributed by atoms with E-state index in [0.717, 1.165) is 18.5 Å². The molecule has 1 heterocycles. The zero-order chi connectivity index (χ0) is 14.5. The maximum atomic E-state index is 3.48. The van der Waals surface area contributed by atoms with Crippen molar-refractivity contribution in [3.8, 4) is 0 Å². The summed E-state index contributed by atoms with van der Waals surface area (Å²) in [6.45, 7) is 13.8. The Hall–Kier alpha value is -0.860. The van der Waals surface area contributed by atoms with E-state index >= 15 is 0 Å². The Morgan fingerprint density at radius 1 is 1.15 bits per heavy atom. The van der Waals surface area contributed by atoms with Gasteiger partial charge in [0.1, 0.15) is 0 Å². The van der Waals surface area contributed by atoms with E-state index in [1.54, 1.807) is 0 Å². The maximum Gasteiger partial charge on any atom is 0.0242 e. The molecule has 1 fully saturated rings. The minimum absolute atomic E-state index is 0.731. The summed E-state index contributed by atoms with van der Waals surface area (Å²) in [5, 5.41) is 3.48. The van der Waals surface area contributed by atoms with Crippen molar-refractivity contribution in [1.82, 2.24) is 10.2 Å². The highest BCUT2D eigenvalue weighted by atomic mass is 15.2. The fourth-order valence-corrected chi connectivity index (χ4v) is 3.29. The van der Waals surface area contributed by atoms with Crippen LogP contribution in [0.2, 0.25) is 0 Å². The van der Waals surface area contributed by atoms with E-state index < -0.39 is 0 Å². The molecule has 0 spiro atoms. The van der Waals surface area contributed by atoms with Gasteiger partial charge in [-0.15, -0.1) is 0 Å². The molecule has 1 N–H and O–H groups in total. The Morgan fingerprint density at radius 3 is 2.30 bits per heavy atom. The van der Waals surface area contributed by atoms with E-state index in [2.05, 4.69) is 56.1 Å². The number of rotatable bonds is 5. The highest BCUT2D eigenvalue weighted by Gasteiger charge is 2.22. The molecule has 0 radical (unpaired) electrons. The fourth-order valence-electron chi connectivity index (χ4n) is 3.29. The average Bonchev–Trinajstić information content (AvgIpc) is 2.42. The molecule has 0 aromatic heterocycles. The maximum absolute atomic E-state index is 3.48. The molecule has 0 aliphatic carbocycles. The first-order valence-electron chi connectivity index (χ1n) is 8.07. The molecular formula is C18H30N2. The van der Waals surface area contributed by atoms with E-state index in [1.165, 1.54) is 49.2 Å². The first-order valence-corrected chi connectivity index (χ1v) is 8.07. The summed E-state index contributed by atoms with van der Waals surface area (Å²) >= 11 is 0. The van der Waals surface area contributed by atoms with Gasteiger partial charge in [0.25, 0.3) is 0 Å². The van der Waals surface area contributed by atoms with Gasteiger partial charge in [-0.1, -0.05) is 32.0 Å². The highest BCUT2D eigenvalue weighted by molar-refractivity contribution is 5.33. The molecule has 1 aliphatic rings. The minimum Gasteiger partial charge on any atom is -0.317 e. The van der Waals surface area contributed by atoms with Crippen molar-refractivity contribution in [2.24, 2.45) is 5.92 Å². The van der Waals surface area contributed by atoms with Gasteiger partial charge in [0.2, 0.25) is 0 Å². The van der Waals surface area contributed by atoms with E-state index in [-0.39, 0.29) is 0 Å². The van der Waals surface area contributed by atoms with Crippen LogP contribution in [-0.4, -0.2) is 30.6 Å². The Morgan fingerprint density at radius 2 is 1.75 bits per heavy atom. The molecule has 1 aromatic rings. The third-order valence-corrected chi connectivity index (χ3v) is 4.43. The second-order valence-corrected chi connectivity index (χ2v) is 6.67. The molecule has 1 aromatic carbocycles. The Kier molecular flexibility index (Phi) is 5.62. The minimum atomic E-state index is 0.731. The van der Waals surface area contributed by atoms with Gasteiger partial charge in [-0.05, 0) is 62.4 Å². The van der Waals surface area contributed by atoms with Crippen LogP contribution in [0.5, 0.6) is 0 Å². The van der Waals surface area contributed by atoms with Crippen LogP contribution in [0.4, 0.5) is 0 Å². The van der Waals surface area contributed by atoms with Crippen molar-refractivity contribution in [1.29, 1.82) is 0 Å². The summed E-state index contributed by atoms with van der Waals surface area (Å²) in [5.41, 5.74) is 4.41. The molecule has 0 bridgehead atoms. The zero-order valence-electron chi connectivity index (χ0n) is 13.6. The van der Waals surface area contributed by atoms with Gasteiger partial charge in [0, 0.05) is 19.1 Å². The smallest absolute Gasteiger partial charge is 0.0242 e. The SMILES string of the molecule is Cc1cccc(C)c1CN(CC(C)C)C1CCNCC1. The monoisotopic (exact) mass is 274 g/mol. The van der Waals surface area contributed by atoms with Crippen molar-refractivity contribution in [2.45, 2.75) is 53.1 Å². The van der Waals surface area contributed by atoms with Gasteiger partial charge in [0.05, 0.1) is 0 Å². The topological polar surface area (TPSA) is 15.3 Å². The standard InChI is InChI=1S/C18H30N2/c1-14(2)12-20(17-8-10-19-11-9-17)13-18-15(3)6-5-7-16(18)4/h5-7,14,17,19H,8-13H2,1-4H3. The lowest BCUT2D eigenvalue weighted by atomic mass is 9.98.